The molecule has 4 nitrogen and oxygen atoms in total. The highest BCUT2D eigenvalue weighted by atomic mass is 35.5. The normalized spacial score (nSPS) is 18.7. The fraction of sp³-hybridized carbons (Fsp3) is 0.333. The van der Waals surface area contributed by atoms with Crippen molar-refractivity contribution in [2.75, 3.05) is 0 Å². The SMILES string of the molecule is CC1CCC(NC(=O)c2nc(-c3ccc(Cl)cc3Cl)c(Cc3ccc(Cl)cc3)[nH]2)CC1. The molecule has 1 aliphatic rings. The number of nitrogens with one attached hydrogen (secondary N) is 2. The number of hydrogen-bond donors (Lipinski definition) is 2. The van der Waals surface area contributed by atoms with E-state index in [1.807, 2.05) is 30.3 Å². The average molecular weight is 477 g/mol. The predicted molar refractivity (Wildman–Crippen MR) is 127 cm³/mol. The lowest BCUT2D eigenvalue weighted by Gasteiger charge is -2.26. The number of aromatic nitrogens is 2. The zero-order chi connectivity index (χ0) is 22.0. The van der Waals surface area contributed by atoms with E-state index in [2.05, 4.69) is 22.2 Å². The van der Waals surface area contributed by atoms with Gasteiger partial charge < -0.3 is 10.3 Å². The van der Waals surface area contributed by atoms with Crippen LogP contribution in [0.2, 0.25) is 15.1 Å². The van der Waals surface area contributed by atoms with E-state index in [0.717, 1.165) is 48.4 Å². The summed E-state index contributed by atoms with van der Waals surface area (Å²) in [6, 6.07) is 13.1. The van der Waals surface area contributed by atoms with E-state index in [9.17, 15) is 4.79 Å². The Morgan fingerprint density at radius 3 is 2.39 bits per heavy atom. The van der Waals surface area contributed by atoms with Gasteiger partial charge in [0.2, 0.25) is 0 Å². The van der Waals surface area contributed by atoms with Crippen LogP contribution < -0.4 is 5.32 Å². The molecule has 0 atom stereocenters. The maximum absolute atomic E-state index is 13.0. The molecule has 0 bridgehead atoms. The number of hydrogen-bond acceptors (Lipinski definition) is 2. The molecule has 7 heteroatoms. The van der Waals surface area contributed by atoms with Gasteiger partial charge in [-0.2, -0.15) is 0 Å². The van der Waals surface area contributed by atoms with E-state index in [1.54, 1.807) is 12.1 Å². The van der Waals surface area contributed by atoms with E-state index in [-0.39, 0.29) is 11.9 Å². The average Bonchev–Trinajstić information content (AvgIpc) is 3.15. The van der Waals surface area contributed by atoms with Gasteiger partial charge in [-0.05, 0) is 67.5 Å². The minimum Gasteiger partial charge on any atom is -0.347 e. The van der Waals surface area contributed by atoms with Crippen LogP contribution in [-0.4, -0.2) is 21.9 Å². The molecule has 0 spiro atoms. The molecule has 4 rings (SSSR count). The molecule has 0 radical (unpaired) electrons. The van der Waals surface area contributed by atoms with Gasteiger partial charge in [0.05, 0.1) is 10.7 Å². The molecule has 1 fully saturated rings. The lowest BCUT2D eigenvalue weighted by molar-refractivity contribution is 0.0913. The summed E-state index contributed by atoms with van der Waals surface area (Å²) in [7, 11) is 0. The lowest BCUT2D eigenvalue weighted by atomic mass is 9.87. The van der Waals surface area contributed by atoms with Crippen LogP contribution in [0.3, 0.4) is 0 Å². The van der Waals surface area contributed by atoms with E-state index >= 15 is 0 Å². The number of carbonyl (C=O) groups is 1. The van der Waals surface area contributed by atoms with Gasteiger partial charge in [-0.25, -0.2) is 4.98 Å². The van der Waals surface area contributed by atoms with Crippen LogP contribution in [-0.2, 0) is 6.42 Å². The second-order valence-corrected chi connectivity index (χ2v) is 9.55. The van der Waals surface area contributed by atoms with Gasteiger partial charge in [0.25, 0.3) is 5.91 Å². The molecule has 0 aliphatic heterocycles. The molecule has 2 aromatic carbocycles. The molecular formula is C24H24Cl3N3O. The Balaban J connectivity index is 1.64. The number of aromatic amines is 1. The molecule has 1 saturated carbocycles. The third-order valence-corrected chi connectivity index (χ3v) is 6.63. The molecule has 0 unspecified atom stereocenters. The zero-order valence-corrected chi connectivity index (χ0v) is 19.5. The van der Waals surface area contributed by atoms with Gasteiger partial charge >= 0.3 is 0 Å². The van der Waals surface area contributed by atoms with Crippen molar-refractivity contribution in [3.63, 3.8) is 0 Å². The Hall–Kier alpha value is -2.01. The maximum atomic E-state index is 13.0. The Morgan fingerprint density at radius 2 is 1.71 bits per heavy atom. The molecule has 1 heterocycles. The molecule has 1 aliphatic carbocycles. The first-order valence-corrected chi connectivity index (χ1v) is 11.6. The Bertz CT molecular complexity index is 1070. The number of rotatable bonds is 5. The molecule has 31 heavy (non-hydrogen) atoms. The summed E-state index contributed by atoms with van der Waals surface area (Å²) in [5.74, 6) is 0.832. The van der Waals surface area contributed by atoms with Gasteiger partial charge in [-0.1, -0.05) is 53.9 Å². The second-order valence-electron chi connectivity index (χ2n) is 8.27. The highest BCUT2D eigenvalue weighted by molar-refractivity contribution is 6.36. The molecule has 0 saturated heterocycles. The summed E-state index contributed by atoms with van der Waals surface area (Å²) in [5.41, 5.74) is 3.25. The van der Waals surface area contributed by atoms with Crippen LogP contribution in [0.25, 0.3) is 11.3 Å². The predicted octanol–water partition coefficient (Wildman–Crippen LogP) is 6.94. The molecule has 2 N–H and O–H groups in total. The first-order valence-electron chi connectivity index (χ1n) is 10.5. The van der Waals surface area contributed by atoms with Crippen LogP contribution in [0.5, 0.6) is 0 Å². The first kappa shape index (κ1) is 22.2. The van der Waals surface area contributed by atoms with Gasteiger partial charge in [0.15, 0.2) is 5.82 Å². The summed E-state index contributed by atoms with van der Waals surface area (Å²) >= 11 is 18.6. The standard InChI is InChI=1S/C24H24Cl3N3O/c1-14-2-9-18(10-3-14)28-24(31)23-29-21(12-15-4-6-16(25)7-5-15)22(30-23)19-11-8-17(26)13-20(19)27/h4-8,11,13-14,18H,2-3,9-10,12H2,1H3,(H,28,31)(H,29,30). The van der Waals surface area contributed by atoms with Crippen LogP contribution in [0.1, 0.15) is 54.5 Å². The Labute approximate surface area is 197 Å². The highest BCUT2D eigenvalue weighted by Gasteiger charge is 2.24. The van der Waals surface area contributed by atoms with Crippen molar-refractivity contribution in [2.45, 2.75) is 45.1 Å². The third kappa shape index (κ3) is 5.43. The molecule has 162 valence electrons. The van der Waals surface area contributed by atoms with Crippen molar-refractivity contribution < 1.29 is 4.79 Å². The quantitative estimate of drug-likeness (QED) is 0.419. The third-order valence-electron chi connectivity index (χ3n) is 5.83. The lowest BCUT2D eigenvalue weighted by Crippen LogP contribution is -2.37. The fourth-order valence-corrected chi connectivity index (χ4v) is 4.64. The highest BCUT2D eigenvalue weighted by Crippen LogP contribution is 2.32. The topological polar surface area (TPSA) is 57.8 Å². The summed E-state index contributed by atoms with van der Waals surface area (Å²) in [6.45, 7) is 2.26. The summed E-state index contributed by atoms with van der Waals surface area (Å²) in [6.07, 6.45) is 4.84. The number of amides is 1. The number of imidazole rings is 1. The van der Waals surface area contributed by atoms with Crippen molar-refractivity contribution in [1.29, 1.82) is 0 Å². The number of carbonyl (C=O) groups excluding carboxylic acids is 1. The zero-order valence-electron chi connectivity index (χ0n) is 17.2. The largest absolute Gasteiger partial charge is 0.347 e. The molecule has 1 aromatic heterocycles. The van der Waals surface area contributed by atoms with Crippen LogP contribution in [0.4, 0.5) is 0 Å². The number of nitrogens with zero attached hydrogens (tertiary/aromatic N) is 1. The minimum atomic E-state index is -0.187. The van der Waals surface area contributed by atoms with E-state index in [1.165, 1.54) is 0 Å². The van der Waals surface area contributed by atoms with Gasteiger partial charge in [-0.15, -0.1) is 0 Å². The van der Waals surface area contributed by atoms with E-state index in [0.29, 0.717) is 33.0 Å². The maximum Gasteiger partial charge on any atom is 0.287 e. The van der Waals surface area contributed by atoms with Gasteiger partial charge in [0, 0.05) is 33.8 Å². The summed E-state index contributed by atoms with van der Waals surface area (Å²) in [5, 5.41) is 4.86. The number of H-pyrrole nitrogens is 1. The van der Waals surface area contributed by atoms with Crippen LogP contribution >= 0.6 is 34.8 Å². The van der Waals surface area contributed by atoms with Crippen LogP contribution in [0, 0.1) is 5.92 Å². The van der Waals surface area contributed by atoms with Crippen molar-refractivity contribution in [1.82, 2.24) is 15.3 Å². The molecular weight excluding hydrogens is 453 g/mol. The fourth-order valence-electron chi connectivity index (χ4n) is 4.01. The Kier molecular flexibility index (Phi) is 6.90. The van der Waals surface area contributed by atoms with E-state index < -0.39 is 0 Å². The van der Waals surface area contributed by atoms with E-state index in [4.69, 9.17) is 34.8 Å². The number of benzene rings is 2. The first-order chi connectivity index (χ1) is 14.9. The van der Waals surface area contributed by atoms with Gasteiger partial charge in [-0.3, -0.25) is 4.79 Å². The molecule has 3 aromatic rings. The summed E-state index contributed by atoms with van der Waals surface area (Å²) < 4.78 is 0. The second kappa shape index (κ2) is 9.64. The molecule has 1 amide bonds. The number of halogens is 3. The van der Waals surface area contributed by atoms with Crippen molar-refractivity contribution in [2.24, 2.45) is 5.92 Å². The van der Waals surface area contributed by atoms with Gasteiger partial charge in [0.1, 0.15) is 0 Å². The van der Waals surface area contributed by atoms with Crippen LogP contribution in [0.15, 0.2) is 42.5 Å². The van der Waals surface area contributed by atoms with Crippen molar-refractivity contribution in [3.05, 3.63) is 74.6 Å². The smallest absolute Gasteiger partial charge is 0.287 e. The summed E-state index contributed by atoms with van der Waals surface area (Å²) in [4.78, 5) is 20.8. The minimum absolute atomic E-state index is 0.187. The van der Waals surface area contributed by atoms with Crippen molar-refractivity contribution in [3.8, 4) is 11.3 Å². The van der Waals surface area contributed by atoms with Crippen molar-refractivity contribution >= 4 is 40.7 Å². The Morgan fingerprint density at radius 1 is 1.03 bits per heavy atom. The monoisotopic (exact) mass is 475 g/mol.